The highest BCUT2D eigenvalue weighted by Crippen LogP contribution is 2.29. The Morgan fingerprint density at radius 3 is 2.73 bits per heavy atom. The molecule has 3 rings (SSSR count). The second-order valence-electron chi connectivity index (χ2n) is 5.00. The fourth-order valence-electron chi connectivity index (χ4n) is 2.21. The third-order valence-electron chi connectivity index (χ3n) is 3.35. The molecule has 0 saturated heterocycles. The van der Waals surface area contributed by atoms with Gasteiger partial charge in [-0.2, -0.15) is 5.10 Å². The van der Waals surface area contributed by atoms with Gasteiger partial charge in [0.05, 0.1) is 11.6 Å². The van der Waals surface area contributed by atoms with E-state index >= 15 is 0 Å². The number of aromatic hydroxyl groups is 1. The zero-order valence-electron chi connectivity index (χ0n) is 11.7. The maximum atomic E-state index is 9.93. The van der Waals surface area contributed by atoms with Crippen LogP contribution in [0.4, 0.5) is 0 Å². The van der Waals surface area contributed by atoms with Gasteiger partial charge in [-0.25, -0.2) is 4.98 Å². The van der Waals surface area contributed by atoms with Crippen molar-refractivity contribution in [1.82, 2.24) is 15.2 Å². The molecule has 1 atom stereocenters. The van der Waals surface area contributed by atoms with E-state index in [4.69, 9.17) is 5.73 Å². The molecule has 6 heteroatoms. The van der Waals surface area contributed by atoms with Crippen LogP contribution in [0.15, 0.2) is 53.0 Å². The van der Waals surface area contributed by atoms with Crippen LogP contribution in [0.25, 0.3) is 11.4 Å². The summed E-state index contributed by atoms with van der Waals surface area (Å²) in [5, 5.41) is 16.9. The number of phenols is 1. The lowest BCUT2D eigenvalue weighted by Crippen LogP contribution is -2.15. The summed E-state index contributed by atoms with van der Waals surface area (Å²) in [6.07, 6.45) is 0.667. The second kappa shape index (κ2) is 6.29. The van der Waals surface area contributed by atoms with Crippen LogP contribution in [0.1, 0.15) is 17.4 Å². The lowest BCUT2D eigenvalue weighted by atomic mass is 10.1. The fourth-order valence-corrected chi connectivity index (χ4v) is 2.57. The Labute approximate surface area is 136 Å². The molecule has 3 aromatic rings. The molecule has 112 valence electrons. The van der Waals surface area contributed by atoms with Gasteiger partial charge in [-0.3, -0.25) is 5.10 Å². The number of halogens is 1. The first-order valence-electron chi connectivity index (χ1n) is 6.84. The predicted molar refractivity (Wildman–Crippen MR) is 88.3 cm³/mol. The maximum Gasteiger partial charge on any atom is 0.184 e. The second-order valence-corrected chi connectivity index (χ2v) is 5.92. The third-order valence-corrected chi connectivity index (χ3v) is 3.85. The van der Waals surface area contributed by atoms with Crippen LogP contribution in [0.2, 0.25) is 0 Å². The molecule has 0 fully saturated rings. The van der Waals surface area contributed by atoms with Crippen molar-refractivity contribution in [1.29, 1.82) is 0 Å². The molecule has 2 aromatic carbocycles. The first kappa shape index (κ1) is 14.7. The SMILES string of the molecule is N[C@H](Cc1ccccc1)c1nc(-c2cc(Br)ccc2O)n[nH]1. The summed E-state index contributed by atoms with van der Waals surface area (Å²) in [6, 6.07) is 14.8. The molecule has 0 spiro atoms. The average molecular weight is 359 g/mol. The molecular formula is C16H15BrN4O. The van der Waals surface area contributed by atoms with E-state index in [1.165, 1.54) is 0 Å². The highest BCUT2D eigenvalue weighted by molar-refractivity contribution is 9.10. The van der Waals surface area contributed by atoms with E-state index in [2.05, 4.69) is 31.1 Å². The van der Waals surface area contributed by atoms with E-state index in [9.17, 15) is 5.11 Å². The number of phenolic OH excluding ortho intramolecular Hbond substituents is 1. The van der Waals surface area contributed by atoms with E-state index in [1.807, 2.05) is 30.3 Å². The van der Waals surface area contributed by atoms with Crippen LogP contribution in [0.5, 0.6) is 5.75 Å². The molecule has 5 nitrogen and oxygen atoms in total. The fraction of sp³-hybridized carbons (Fsp3) is 0.125. The van der Waals surface area contributed by atoms with Crippen LogP contribution in [0, 0.1) is 0 Å². The van der Waals surface area contributed by atoms with Gasteiger partial charge in [0.15, 0.2) is 5.82 Å². The van der Waals surface area contributed by atoms with Crippen LogP contribution in [-0.4, -0.2) is 20.3 Å². The molecule has 0 aliphatic carbocycles. The molecule has 0 aliphatic rings. The van der Waals surface area contributed by atoms with Gasteiger partial charge in [0.2, 0.25) is 0 Å². The highest BCUT2D eigenvalue weighted by atomic mass is 79.9. The number of hydrogen-bond donors (Lipinski definition) is 3. The maximum absolute atomic E-state index is 9.93. The van der Waals surface area contributed by atoms with Gasteiger partial charge in [0, 0.05) is 4.47 Å². The van der Waals surface area contributed by atoms with Crippen molar-refractivity contribution in [3.63, 3.8) is 0 Å². The van der Waals surface area contributed by atoms with Crippen molar-refractivity contribution >= 4 is 15.9 Å². The summed E-state index contributed by atoms with van der Waals surface area (Å²) < 4.78 is 0.847. The first-order valence-corrected chi connectivity index (χ1v) is 7.63. The molecule has 0 amide bonds. The summed E-state index contributed by atoms with van der Waals surface area (Å²) in [7, 11) is 0. The molecule has 1 aromatic heterocycles. The molecule has 0 bridgehead atoms. The normalized spacial score (nSPS) is 12.3. The van der Waals surface area contributed by atoms with Crippen LogP contribution in [0.3, 0.4) is 0 Å². The topological polar surface area (TPSA) is 87.8 Å². The van der Waals surface area contributed by atoms with Crippen LogP contribution >= 0.6 is 15.9 Å². The Hall–Kier alpha value is -2.18. The minimum atomic E-state index is -0.280. The highest BCUT2D eigenvalue weighted by Gasteiger charge is 2.15. The third kappa shape index (κ3) is 3.18. The quantitative estimate of drug-likeness (QED) is 0.668. The van der Waals surface area contributed by atoms with E-state index in [0.29, 0.717) is 23.6 Å². The lowest BCUT2D eigenvalue weighted by Gasteiger charge is -2.07. The first-order chi connectivity index (χ1) is 10.6. The molecule has 1 heterocycles. The Bertz CT molecular complexity index is 773. The van der Waals surface area contributed by atoms with Gasteiger partial charge < -0.3 is 10.8 Å². The van der Waals surface area contributed by atoms with E-state index in [0.717, 1.165) is 10.0 Å². The number of aromatic nitrogens is 3. The van der Waals surface area contributed by atoms with Gasteiger partial charge in [0.25, 0.3) is 0 Å². The Kier molecular flexibility index (Phi) is 4.22. The van der Waals surface area contributed by atoms with E-state index < -0.39 is 0 Å². The van der Waals surface area contributed by atoms with Crippen molar-refractivity contribution in [3.05, 3.63) is 64.4 Å². The van der Waals surface area contributed by atoms with Gasteiger partial charge in [-0.05, 0) is 30.2 Å². The zero-order valence-corrected chi connectivity index (χ0v) is 13.3. The number of H-pyrrole nitrogens is 1. The summed E-state index contributed by atoms with van der Waals surface area (Å²) >= 11 is 3.37. The molecule has 4 N–H and O–H groups in total. The molecule has 0 saturated carbocycles. The van der Waals surface area contributed by atoms with Crippen molar-refractivity contribution < 1.29 is 5.11 Å². The molecule has 0 radical (unpaired) electrons. The van der Waals surface area contributed by atoms with Crippen molar-refractivity contribution in [2.75, 3.05) is 0 Å². The number of nitrogens with two attached hydrogens (primary N) is 1. The molecular weight excluding hydrogens is 344 g/mol. The van der Waals surface area contributed by atoms with Gasteiger partial charge in [-0.15, -0.1) is 0 Å². The number of benzene rings is 2. The van der Waals surface area contributed by atoms with E-state index in [1.54, 1.807) is 18.2 Å². The number of aromatic amines is 1. The molecule has 0 unspecified atom stereocenters. The summed E-state index contributed by atoms with van der Waals surface area (Å²) in [4.78, 5) is 4.41. The number of rotatable bonds is 4. The van der Waals surface area contributed by atoms with Gasteiger partial charge in [-0.1, -0.05) is 46.3 Å². The average Bonchev–Trinajstić information content (AvgIpc) is 3.00. The Balaban J connectivity index is 1.83. The zero-order chi connectivity index (χ0) is 15.5. The lowest BCUT2D eigenvalue weighted by molar-refractivity contribution is 0.477. The summed E-state index contributed by atoms with van der Waals surface area (Å²) in [6.45, 7) is 0. The standard InChI is InChI=1S/C16H15BrN4O/c17-11-6-7-14(22)12(9-11)15-19-16(21-20-15)13(18)8-10-4-2-1-3-5-10/h1-7,9,13,22H,8,18H2,(H,19,20,21)/t13-/m1/s1. The monoisotopic (exact) mass is 358 g/mol. The molecule has 22 heavy (non-hydrogen) atoms. The minimum Gasteiger partial charge on any atom is -0.507 e. The van der Waals surface area contributed by atoms with Crippen LogP contribution in [-0.2, 0) is 6.42 Å². The molecule has 0 aliphatic heterocycles. The predicted octanol–water partition coefficient (Wildman–Crippen LogP) is 3.18. The van der Waals surface area contributed by atoms with Gasteiger partial charge >= 0.3 is 0 Å². The Morgan fingerprint density at radius 2 is 1.95 bits per heavy atom. The van der Waals surface area contributed by atoms with Crippen molar-refractivity contribution in [2.45, 2.75) is 12.5 Å². The van der Waals surface area contributed by atoms with Crippen molar-refractivity contribution in [3.8, 4) is 17.1 Å². The van der Waals surface area contributed by atoms with E-state index in [-0.39, 0.29) is 11.8 Å². The number of nitrogens with one attached hydrogen (secondary N) is 1. The summed E-state index contributed by atoms with van der Waals surface area (Å²) in [5.74, 6) is 1.15. The smallest absolute Gasteiger partial charge is 0.184 e. The van der Waals surface area contributed by atoms with Crippen LogP contribution < -0.4 is 5.73 Å². The Morgan fingerprint density at radius 1 is 1.18 bits per heavy atom. The number of hydrogen-bond acceptors (Lipinski definition) is 4. The largest absolute Gasteiger partial charge is 0.507 e. The van der Waals surface area contributed by atoms with Gasteiger partial charge in [0.1, 0.15) is 11.6 Å². The van der Waals surface area contributed by atoms with Crippen molar-refractivity contribution in [2.24, 2.45) is 5.73 Å². The minimum absolute atomic E-state index is 0.130. The summed E-state index contributed by atoms with van der Waals surface area (Å²) in [5.41, 5.74) is 7.88. The number of nitrogens with zero attached hydrogens (tertiary/aromatic N) is 2.